The van der Waals surface area contributed by atoms with Gasteiger partial charge in [-0.3, -0.25) is 48.6 Å². The number of ether oxygens (including phenoxy) is 14. The number of rotatable bonds is 44. The van der Waals surface area contributed by atoms with Crippen LogP contribution in [0.5, 0.6) is 34.5 Å². The molecule has 112 heavy (non-hydrogen) atoms. The molecule has 6 aliphatic rings. The molecule has 6 aliphatic heterocycles. The van der Waals surface area contributed by atoms with E-state index in [0.717, 1.165) is 64.5 Å². The third kappa shape index (κ3) is 29.0. The van der Waals surface area contributed by atoms with Crippen LogP contribution >= 0.6 is 0 Å². The van der Waals surface area contributed by atoms with Gasteiger partial charge in [0.2, 0.25) is 18.6 Å². The van der Waals surface area contributed by atoms with E-state index in [1.807, 2.05) is 61.1 Å². The van der Waals surface area contributed by atoms with Crippen molar-refractivity contribution in [3.63, 3.8) is 0 Å². The highest BCUT2D eigenvalue weighted by atomic mass is 16.7. The average Bonchev–Trinajstić information content (AvgIpc) is 1.63. The minimum atomic E-state index is -0.388. The van der Waals surface area contributed by atoms with E-state index in [1.54, 1.807) is 68.5 Å². The van der Waals surface area contributed by atoms with Gasteiger partial charge in [0.15, 0.2) is 34.5 Å². The van der Waals surface area contributed by atoms with Gasteiger partial charge >= 0.3 is 0 Å². The van der Waals surface area contributed by atoms with Crippen LogP contribution in [-0.2, 0) is 61.9 Å². The van der Waals surface area contributed by atoms with E-state index in [2.05, 4.69) is 53.3 Å². The highest BCUT2D eigenvalue weighted by Gasteiger charge is 2.36. The molecule has 0 radical (unpaired) electrons. The molecule has 610 valence electrons. The van der Waals surface area contributed by atoms with Crippen LogP contribution in [0.1, 0.15) is 125 Å². The monoisotopic (exact) mass is 1560 g/mol. The van der Waals surface area contributed by atoms with Crippen LogP contribution in [0.3, 0.4) is 0 Å². The lowest BCUT2D eigenvalue weighted by molar-refractivity contribution is -0.136. The molecule has 0 fully saturated rings. The quantitative estimate of drug-likeness (QED) is 0.0160. The molecule has 0 unspecified atom stereocenters. The lowest BCUT2D eigenvalue weighted by atomic mass is 10.0. The molecule has 0 saturated heterocycles. The fourth-order valence-electron chi connectivity index (χ4n) is 11.5. The summed E-state index contributed by atoms with van der Waals surface area (Å²) in [7, 11) is 6.28. The van der Waals surface area contributed by atoms with E-state index in [0.29, 0.717) is 201 Å². The Morgan fingerprint density at radius 1 is 0.580 bits per heavy atom. The molecule has 0 aliphatic carbocycles. The molecule has 30 nitrogen and oxygen atoms in total. The topological polar surface area (TPSA) is 346 Å². The van der Waals surface area contributed by atoms with E-state index < -0.39 is 0 Å². The van der Waals surface area contributed by atoms with Crippen molar-refractivity contribution in [2.75, 3.05) is 166 Å². The van der Waals surface area contributed by atoms with Crippen LogP contribution in [0.2, 0.25) is 0 Å². The van der Waals surface area contributed by atoms with Crippen molar-refractivity contribution in [2.45, 2.75) is 105 Å². The lowest BCUT2D eigenvalue weighted by Crippen LogP contribution is -2.33. The lowest BCUT2D eigenvalue weighted by Gasteiger charge is -2.19. The van der Waals surface area contributed by atoms with Crippen LogP contribution in [0, 0.1) is 11.8 Å². The van der Waals surface area contributed by atoms with Crippen molar-refractivity contribution in [3.05, 3.63) is 114 Å². The number of carbonyl (C=O) groups excluding carboxylic acids is 7. The van der Waals surface area contributed by atoms with Crippen molar-refractivity contribution in [2.24, 2.45) is 32.5 Å². The van der Waals surface area contributed by atoms with Gasteiger partial charge in [-0.15, -0.1) is 0 Å². The second-order valence-electron chi connectivity index (χ2n) is 26.7. The zero-order valence-corrected chi connectivity index (χ0v) is 66.3. The number of Topliss-reactive ketones (excluding diaryl/α,β-unsaturated/α-hetero) is 1. The normalized spacial score (nSPS) is 15.8. The summed E-state index contributed by atoms with van der Waals surface area (Å²) in [6.45, 7) is 21.9. The maximum atomic E-state index is 13.4. The van der Waals surface area contributed by atoms with Crippen molar-refractivity contribution >= 4 is 87.7 Å². The first-order chi connectivity index (χ1) is 54.3. The van der Waals surface area contributed by atoms with Crippen LogP contribution in [-0.4, -0.2) is 247 Å². The summed E-state index contributed by atoms with van der Waals surface area (Å²) in [6, 6.07) is 19.9. The van der Waals surface area contributed by atoms with E-state index in [-0.39, 0.29) is 79.0 Å². The molecule has 4 aromatic carbocycles. The van der Waals surface area contributed by atoms with Gasteiger partial charge in [-0.05, 0) is 84.4 Å². The highest BCUT2D eigenvalue weighted by Crippen LogP contribution is 2.43. The maximum absolute atomic E-state index is 13.4. The van der Waals surface area contributed by atoms with Crippen molar-refractivity contribution in [1.82, 2.24) is 20.0 Å². The number of amides is 6. The molecule has 30 heteroatoms. The third-order valence-corrected chi connectivity index (χ3v) is 17.6. The minimum absolute atomic E-state index is 0.0169. The number of nitrogens with two attached hydrogens (primary N) is 1. The first kappa shape index (κ1) is 89.3. The highest BCUT2D eigenvalue weighted by molar-refractivity contribution is 6.13. The zero-order valence-electron chi connectivity index (χ0n) is 66.3. The van der Waals surface area contributed by atoms with Crippen LogP contribution in [0.4, 0.5) is 17.1 Å². The number of nitrogens with one attached hydrogen (secondary N) is 2. The Labute approximate surface area is 656 Å². The first-order valence-corrected chi connectivity index (χ1v) is 38.0. The molecule has 0 saturated carbocycles. The van der Waals surface area contributed by atoms with Crippen LogP contribution in [0.15, 0.2) is 106 Å². The molecule has 6 heterocycles. The van der Waals surface area contributed by atoms with Crippen molar-refractivity contribution < 1.29 is 99.9 Å². The van der Waals surface area contributed by atoms with Gasteiger partial charge in [0.1, 0.15) is 5.78 Å². The molecule has 0 aromatic heterocycles. The SMILES string of the molecule is CCCCOc1cc2c(cc1OC)C(=O)N1C=C(c3ccc4c(c3)OCO4)C[C@H]1C=N2.CCCOCCOCCOCCOCCC(=O)NCC(C)C.COCCOCCOCCOCCN=C(N)CCN1C(=O)C=CC1=O.COc1cc2c(cc1OC)C(=O)N1C=C(c3ccc(NC(=O)[C@H](C)CC(C)=O)cc3)C[C@H]1C=N2. The largest absolute Gasteiger partial charge is 0.493 e. The van der Waals surface area contributed by atoms with E-state index in [1.165, 1.54) is 26.2 Å². The van der Waals surface area contributed by atoms with Gasteiger partial charge in [0, 0.05) is 120 Å². The number of unbranched alkanes of at least 4 members (excludes halogenated alkanes) is 1. The summed E-state index contributed by atoms with van der Waals surface area (Å²) in [5, 5.41) is 5.69. The number of fused-ring (bicyclic) bond motifs is 5. The van der Waals surface area contributed by atoms with E-state index in [9.17, 15) is 33.6 Å². The average molecular weight is 1560 g/mol. The summed E-state index contributed by atoms with van der Waals surface area (Å²) in [4.78, 5) is 102. The molecule has 10 rings (SSSR count). The number of methoxy groups -OCH3 is 4. The Kier molecular flexibility index (Phi) is 38.9. The minimum Gasteiger partial charge on any atom is -0.493 e. The molecule has 4 aromatic rings. The first-order valence-electron chi connectivity index (χ1n) is 38.0. The Hall–Kier alpha value is -9.92. The van der Waals surface area contributed by atoms with Gasteiger partial charge < -0.3 is 97.3 Å². The van der Waals surface area contributed by atoms with Crippen molar-refractivity contribution in [1.29, 1.82) is 0 Å². The van der Waals surface area contributed by atoms with Gasteiger partial charge in [-0.25, -0.2) is 0 Å². The fraction of sp³-hybridized carbons (Fsp3) is 0.512. The van der Waals surface area contributed by atoms with E-state index in [4.69, 9.17) is 72.0 Å². The van der Waals surface area contributed by atoms with Gasteiger partial charge in [0.05, 0.1) is 167 Å². The van der Waals surface area contributed by atoms with E-state index >= 15 is 0 Å². The number of hydrogen-bond donors (Lipinski definition) is 3. The number of anilines is 1. The number of ketones is 1. The summed E-state index contributed by atoms with van der Waals surface area (Å²) >= 11 is 0. The maximum Gasteiger partial charge on any atom is 0.260 e. The number of nitrogens with zero attached hydrogens (tertiary/aromatic N) is 6. The Morgan fingerprint density at radius 2 is 1.08 bits per heavy atom. The molecular weight excluding hydrogens is 1450 g/mol. The summed E-state index contributed by atoms with van der Waals surface area (Å²) in [5.41, 5.74) is 12.5. The Bertz CT molecular complexity index is 3900. The van der Waals surface area contributed by atoms with Crippen molar-refractivity contribution in [3.8, 4) is 34.5 Å². The number of hydrogen-bond acceptors (Lipinski definition) is 24. The molecule has 0 bridgehead atoms. The number of imide groups is 1. The van der Waals surface area contributed by atoms with Gasteiger partial charge in [-0.1, -0.05) is 59.2 Å². The number of aliphatic imine (C=N–C) groups is 3. The smallest absolute Gasteiger partial charge is 0.260 e. The predicted octanol–water partition coefficient (Wildman–Crippen LogP) is 9.78. The second kappa shape index (κ2) is 48.8. The summed E-state index contributed by atoms with van der Waals surface area (Å²) < 4.78 is 75.0. The molecular formula is C82H111N9O21. The number of benzene rings is 4. The van der Waals surface area contributed by atoms with Gasteiger partial charge in [-0.2, -0.15) is 0 Å². The fourth-order valence-corrected chi connectivity index (χ4v) is 11.5. The number of carbonyl (C=O) groups is 7. The van der Waals surface area contributed by atoms with Crippen LogP contribution in [0.25, 0.3) is 11.1 Å². The summed E-state index contributed by atoms with van der Waals surface area (Å²) in [5.74, 6) is 3.02. The zero-order chi connectivity index (χ0) is 80.6. The predicted molar refractivity (Wildman–Crippen MR) is 424 cm³/mol. The van der Waals surface area contributed by atoms with Gasteiger partial charge in [0.25, 0.3) is 23.6 Å². The second-order valence-corrected chi connectivity index (χ2v) is 26.7. The molecule has 4 N–H and O–H groups in total. The van der Waals surface area contributed by atoms with Crippen LogP contribution < -0.4 is 44.8 Å². The molecule has 0 spiro atoms. The number of amidine groups is 1. The molecule has 3 atom stereocenters. The Balaban J connectivity index is 0.000000211. The summed E-state index contributed by atoms with van der Waals surface area (Å²) in [6.07, 6.45) is 15.2. The molecule has 6 amide bonds. The standard InChI is InChI=1S/C26H27N3O5.C24H24N2O5.C16H27N3O6.C16H33NO5/c1-15(9-16(2)30)25(31)28-19-7-5-17(6-8-19)18-10-20-13-27-22-12-24(34-4)23(33-3)11-21(22)26(32)29(20)14-18;1-3-4-7-29-23-11-19-18(10-21(23)28-2)24(27)26-13-16(8-17(26)12-25-19)15-5-6-20-22(9-15)31-14-30-20;1-22-8-9-24-12-13-25-11-10-23-7-5-18-14(17)4-6-19-15(20)2-3-16(19)21;1-4-6-19-8-10-21-12-13-22-11-9-20-7-5-16(18)17-14-15(2)3/h5-8,11-15,20H,9-10H2,1-4H3,(H,28,31);5-6,9-13,17H,3-4,7-8,14H2,1-2H3;2-3H,4-13H2,1H3,(H2,17,18);15H,4-14H2,1-3H3,(H,17,18)/t15-,20+;17-;;/m10../s1. The Morgan fingerprint density at radius 3 is 1.62 bits per heavy atom. The third-order valence-electron chi connectivity index (χ3n) is 17.6.